The maximum atomic E-state index is 13.6. The predicted molar refractivity (Wildman–Crippen MR) is 80.8 cm³/mol. The minimum Gasteiger partial charge on any atom is -0.373 e. The molecule has 1 saturated heterocycles. The van der Waals surface area contributed by atoms with Crippen LogP contribution in [0.2, 0.25) is 0 Å². The van der Waals surface area contributed by atoms with Crippen LogP contribution in [0.1, 0.15) is 29.5 Å². The molecule has 0 saturated carbocycles. The van der Waals surface area contributed by atoms with E-state index in [1.165, 1.54) is 18.3 Å². The Kier molecular flexibility index (Phi) is 4.38. The average Bonchev–Trinajstić information content (AvgIpc) is 3.14. The number of amides is 1. The molecule has 1 fully saturated rings. The molecule has 0 bridgehead atoms. The standard InChI is InChI=1S/C16H19FN4O2/c1-10-12(8-20-21(10)2)15-11(5-7-23-15)16(22)19-9-14-13(17)4-3-6-18-14/h3-4,6,8,11,15H,5,7,9H2,1-2H3,(H,19,22)/t11-,15-/m0/s1. The Hall–Kier alpha value is -2.28. The highest BCUT2D eigenvalue weighted by molar-refractivity contribution is 5.79. The molecule has 2 atom stereocenters. The van der Waals surface area contributed by atoms with E-state index >= 15 is 0 Å². The number of hydrogen-bond acceptors (Lipinski definition) is 4. The lowest BCUT2D eigenvalue weighted by Crippen LogP contribution is -2.32. The van der Waals surface area contributed by atoms with E-state index in [0.29, 0.717) is 13.0 Å². The molecule has 3 heterocycles. The lowest BCUT2D eigenvalue weighted by molar-refractivity contribution is -0.127. The number of hydrogen-bond donors (Lipinski definition) is 1. The van der Waals surface area contributed by atoms with Crippen molar-refractivity contribution in [3.8, 4) is 0 Å². The molecule has 0 aliphatic carbocycles. The van der Waals surface area contributed by atoms with E-state index < -0.39 is 5.82 Å². The summed E-state index contributed by atoms with van der Waals surface area (Å²) in [6.07, 6.45) is 3.57. The average molecular weight is 318 g/mol. The predicted octanol–water partition coefficient (Wildman–Crippen LogP) is 1.66. The highest BCUT2D eigenvalue weighted by Gasteiger charge is 2.36. The molecule has 7 heteroatoms. The summed E-state index contributed by atoms with van der Waals surface area (Å²) in [5.74, 6) is -0.874. The molecule has 122 valence electrons. The Balaban J connectivity index is 1.69. The van der Waals surface area contributed by atoms with Crippen molar-refractivity contribution in [2.24, 2.45) is 13.0 Å². The zero-order valence-corrected chi connectivity index (χ0v) is 13.1. The summed E-state index contributed by atoms with van der Waals surface area (Å²) in [5, 5.41) is 6.96. The molecule has 0 radical (unpaired) electrons. The molecule has 1 amide bonds. The molecule has 2 aromatic rings. The van der Waals surface area contributed by atoms with Gasteiger partial charge in [-0.3, -0.25) is 14.5 Å². The van der Waals surface area contributed by atoms with Gasteiger partial charge in [0.05, 0.1) is 30.5 Å². The minimum absolute atomic E-state index is 0.0702. The summed E-state index contributed by atoms with van der Waals surface area (Å²) >= 11 is 0. The number of pyridine rings is 1. The van der Waals surface area contributed by atoms with Crippen LogP contribution in [-0.2, 0) is 23.1 Å². The quantitative estimate of drug-likeness (QED) is 0.931. The van der Waals surface area contributed by atoms with E-state index in [1.54, 1.807) is 10.9 Å². The van der Waals surface area contributed by atoms with E-state index in [2.05, 4.69) is 15.4 Å². The van der Waals surface area contributed by atoms with Gasteiger partial charge in [-0.2, -0.15) is 5.10 Å². The maximum Gasteiger partial charge on any atom is 0.226 e. The molecule has 3 rings (SSSR count). The fraction of sp³-hybridized carbons (Fsp3) is 0.438. The third-order valence-corrected chi connectivity index (χ3v) is 4.27. The van der Waals surface area contributed by atoms with Crippen LogP contribution in [0.25, 0.3) is 0 Å². The number of rotatable bonds is 4. The van der Waals surface area contributed by atoms with Crippen molar-refractivity contribution in [3.05, 3.63) is 47.3 Å². The fourth-order valence-electron chi connectivity index (χ4n) is 2.81. The molecular weight excluding hydrogens is 299 g/mol. The van der Waals surface area contributed by atoms with Crippen LogP contribution in [0, 0.1) is 18.7 Å². The summed E-state index contributed by atoms with van der Waals surface area (Å²) in [6, 6.07) is 2.85. The lowest BCUT2D eigenvalue weighted by atomic mass is 9.95. The number of ether oxygens (including phenoxy) is 1. The third kappa shape index (κ3) is 3.10. The first kappa shape index (κ1) is 15.6. The van der Waals surface area contributed by atoms with Crippen molar-refractivity contribution >= 4 is 5.91 Å². The monoisotopic (exact) mass is 318 g/mol. The van der Waals surface area contributed by atoms with Gasteiger partial charge in [-0.1, -0.05) is 0 Å². The van der Waals surface area contributed by atoms with Crippen LogP contribution in [0.3, 0.4) is 0 Å². The molecule has 23 heavy (non-hydrogen) atoms. The summed E-state index contributed by atoms with van der Waals surface area (Å²) < 4.78 is 21.1. The van der Waals surface area contributed by atoms with Crippen LogP contribution in [0.15, 0.2) is 24.5 Å². The van der Waals surface area contributed by atoms with Crippen molar-refractivity contribution in [2.45, 2.75) is 26.0 Å². The summed E-state index contributed by atoms with van der Waals surface area (Å²) in [7, 11) is 1.85. The summed E-state index contributed by atoms with van der Waals surface area (Å²) in [4.78, 5) is 16.4. The maximum absolute atomic E-state index is 13.6. The highest BCUT2D eigenvalue weighted by Crippen LogP contribution is 2.36. The van der Waals surface area contributed by atoms with Gasteiger partial charge in [-0.05, 0) is 25.5 Å². The highest BCUT2D eigenvalue weighted by atomic mass is 19.1. The summed E-state index contributed by atoms with van der Waals surface area (Å²) in [5.41, 5.74) is 2.13. The van der Waals surface area contributed by atoms with Gasteiger partial charge in [-0.25, -0.2) is 4.39 Å². The van der Waals surface area contributed by atoms with Gasteiger partial charge in [0, 0.05) is 31.1 Å². The Morgan fingerprint density at radius 3 is 3.09 bits per heavy atom. The summed E-state index contributed by atoms with van der Waals surface area (Å²) in [6.45, 7) is 2.54. The van der Waals surface area contributed by atoms with E-state index in [4.69, 9.17) is 4.74 Å². The van der Waals surface area contributed by atoms with Crippen molar-refractivity contribution in [2.75, 3.05) is 6.61 Å². The van der Waals surface area contributed by atoms with Gasteiger partial charge < -0.3 is 10.1 Å². The van der Waals surface area contributed by atoms with Crippen LogP contribution >= 0.6 is 0 Å². The first-order valence-electron chi connectivity index (χ1n) is 7.55. The third-order valence-electron chi connectivity index (χ3n) is 4.27. The molecule has 0 aromatic carbocycles. The Morgan fingerprint density at radius 2 is 2.39 bits per heavy atom. The number of nitrogens with one attached hydrogen (secondary N) is 1. The molecular formula is C16H19FN4O2. The van der Waals surface area contributed by atoms with Gasteiger partial charge in [0.1, 0.15) is 5.82 Å². The second kappa shape index (κ2) is 6.45. The van der Waals surface area contributed by atoms with E-state index in [-0.39, 0.29) is 30.2 Å². The largest absolute Gasteiger partial charge is 0.373 e. The molecule has 6 nitrogen and oxygen atoms in total. The van der Waals surface area contributed by atoms with Gasteiger partial charge >= 0.3 is 0 Å². The van der Waals surface area contributed by atoms with Gasteiger partial charge in [0.25, 0.3) is 0 Å². The molecule has 1 aliphatic heterocycles. The Bertz CT molecular complexity index is 716. The Labute approximate surface area is 133 Å². The van der Waals surface area contributed by atoms with E-state index in [1.807, 2.05) is 14.0 Å². The molecule has 0 unspecified atom stereocenters. The molecule has 1 N–H and O–H groups in total. The Morgan fingerprint density at radius 1 is 1.57 bits per heavy atom. The van der Waals surface area contributed by atoms with E-state index in [9.17, 15) is 9.18 Å². The molecule has 2 aromatic heterocycles. The van der Waals surface area contributed by atoms with Gasteiger partial charge in [-0.15, -0.1) is 0 Å². The van der Waals surface area contributed by atoms with Gasteiger partial charge in [0.2, 0.25) is 5.91 Å². The lowest BCUT2D eigenvalue weighted by Gasteiger charge is -2.18. The zero-order chi connectivity index (χ0) is 16.4. The van der Waals surface area contributed by atoms with Crippen molar-refractivity contribution in [1.82, 2.24) is 20.1 Å². The van der Waals surface area contributed by atoms with Crippen LogP contribution in [0.5, 0.6) is 0 Å². The van der Waals surface area contributed by atoms with Crippen molar-refractivity contribution < 1.29 is 13.9 Å². The topological polar surface area (TPSA) is 69.0 Å². The smallest absolute Gasteiger partial charge is 0.226 e. The molecule has 0 spiro atoms. The fourth-order valence-corrected chi connectivity index (χ4v) is 2.81. The van der Waals surface area contributed by atoms with Crippen LogP contribution in [0.4, 0.5) is 4.39 Å². The number of aryl methyl sites for hydroxylation is 1. The first-order chi connectivity index (χ1) is 11.1. The minimum atomic E-state index is -0.421. The second-order valence-electron chi connectivity index (χ2n) is 5.65. The van der Waals surface area contributed by atoms with Crippen molar-refractivity contribution in [1.29, 1.82) is 0 Å². The van der Waals surface area contributed by atoms with Crippen LogP contribution < -0.4 is 5.32 Å². The number of halogens is 1. The number of nitrogens with zero attached hydrogens (tertiary/aromatic N) is 3. The number of aromatic nitrogens is 3. The molecule has 1 aliphatic rings. The van der Waals surface area contributed by atoms with Gasteiger partial charge in [0.15, 0.2) is 0 Å². The first-order valence-corrected chi connectivity index (χ1v) is 7.55. The van der Waals surface area contributed by atoms with Crippen LogP contribution in [-0.4, -0.2) is 27.3 Å². The number of carbonyl (C=O) groups excluding carboxylic acids is 1. The SMILES string of the molecule is Cc1c([C@H]2OCC[C@@H]2C(=O)NCc2ncccc2F)cnn1C. The zero-order valence-electron chi connectivity index (χ0n) is 13.1. The normalized spacial score (nSPS) is 20.7. The second-order valence-corrected chi connectivity index (χ2v) is 5.65. The number of carbonyl (C=O) groups is 1. The van der Waals surface area contributed by atoms with E-state index in [0.717, 1.165) is 11.3 Å². The van der Waals surface area contributed by atoms with Crippen molar-refractivity contribution in [3.63, 3.8) is 0 Å².